The molecular weight excluding hydrogens is 434 g/mol. The van der Waals surface area contributed by atoms with Gasteiger partial charge in [0, 0.05) is 31.5 Å². The van der Waals surface area contributed by atoms with E-state index in [0.29, 0.717) is 5.13 Å². The van der Waals surface area contributed by atoms with E-state index in [1.54, 1.807) is 0 Å². The van der Waals surface area contributed by atoms with Gasteiger partial charge in [-0.05, 0) is 48.9 Å². The molecule has 0 unspecified atom stereocenters. The number of thiazole rings is 1. The molecule has 0 atom stereocenters. The first-order chi connectivity index (χ1) is 14.8. The smallest absolute Gasteiger partial charge is 0.257 e. The molecule has 1 N–H and O–H groups in total. The van der Waals surface area contributed by atoms with Crippen LogP contribution in [0.4, 0.5) is 5.13 Å². The van der Waals surface area contributed by atoms with Crippen LogP contribution in [0.3, 0.4) is 0 Å². The molecule has 3 rings (SSSR count). The number of amides is 1. The fourth-order valence-corrected chi connectivity index (χ4v) is 5.28. The molecule has 0 radical (unpaired) electrons. The lowest BCUT2D eigenvalue weighted by atomic mass is 10.2. The number of carbonyl (C=O) groups excluding carboxylic acids is 1. The van der Waals surface area contributed by atoms with Crippen molar-refractivity contribution in [2.75, 3.05) is 18.4 Å². The first-order valence-electron chi connectivity index (χ1n) is 9.38. The zero-order valence-corrected chi connectivity index (χ0v) is 18.3. The van der Waals surface area contributed by atoms with Gasteiger partial charge in [-0.25, -0.2) is 13.4 Å². The number of nitrogens with zero attached hydrogens (tertiary/aromatic N) is 4. The molecule has 1 heterocycles. The van der Waals surface area contributed by atoms with Crippen molar-refractivity contribution in [3.63, 3.8) is 0 Å². The number of carbonyl (C=O) groups is 1. The number of nitriles is 2. The summed E-state index contributed by atoms with van der Waals surface area (Å²) >= 11 is 1.36. The molecular formula is C21H19N5O3S2. The van der Waals surface area contributed by atoms with Gasteiger partial charge >= 0.3 is 0 Å². The van der Waals surface area contributed by atoms with Crippen LogP contribution in [-0.4, -0.2) is 36.7 Å². The third kappa shape index (κ3) is 5.25. The highest BCUT2D eigenvalue weighted by atomic mass is 32.2. The van der Waals surface area contributed by atoms with Crippen LogP contribution in [0.2, 0.25) is 0 Å². The van der Waals surface area contributed by atoms with E-state index >= 15 is 0 Å². The highest BCUT2D eigenvalue weighted by Gasteiger charge is 2.24. The minimum absolute atomic E-state index is 0.000167. The van der Waals surface area contributed by atoms with Crippen LogP contribution in [-0.2, 0) is 10.0 Å². The van der Waals surface area contributed by atoms with Crippen LogP contribution in [0.5, 0.6) is 0 Å². The van der Waals surface area contributed by atoms with Gasteiger partial charge in [0.05, 0.1) is 27.3 Å². The Balaban J connectivity index is 1.76. The Morgan fingerprint density at radius 1 is 1.10 bits per heavy atom. The van der Waals surface area contributed by atoms with E-state index < -0.39 is 15.9 Å². The number of sulfonamides is 1. The van der Waals surface area contributed by atoms with E-state index in [1.165, 1.54) is 35.6 Å². The van der Waals surface area contributed by atoms with Crippen molar-refractivity contribution in [2.45, 2.75) is 24.7 Å². The Hall–Kier alpha value is -3.31. The molecule has 0 saturated heterocycles. The summed E-state index contributed by atoms with van der Waals surface area (Å²) < 4.78 is 27.8. The second kappa shape index (κ2) is 9.67. The summed E-state index contributed by atoms with van der Waals surface area (Å²) in [4.78, 5) is 16.9. The summed E-state index contributed by atoms with van der Waals surface area (Å²) in [7, 11) is -3.88. The molecule has 0 spiro atoms. The van der Waals surface area contributed by atoms with Gasteiger partial charge < -0.3 is 0 Å². The van der Waals surface area contributed by atoms with Crippen LogP contribution in [0.15, 0.2) is 47.4 Å². The van der Waals surface area contributed by atoms with Crippen molar-refractivity contribution >= 4 is 42.6 Å². The number of fused-ring (bicyclic) bond motifs is 1. The van der Waals surface area contributed by atoms with Gasteiger partial charge in [0.2, 0.25) is 10.0 Å². The number of hydrogen-bond acceptors (Lipinski definition) is 7. The van der Waals surface area contributed by atoms with E-state index in [-0.39, 0.29) is 36.4 Å². The number of benzene rings is 2. The van der Waals surface area contributed by atoms with Gasteiger partial charge in [-0.1, -0.05) is 17.4 Å². The zero-order valence-electron chi connectivity index (χ0n) is 16.7. The standard InChI is InChI=1S/C21H19N5O3S2/c1-15-4-9-18-19(14-15)30-21(24-18)25-20(27)16-5-7-17(8-6-16)31(28,29)26(12-2-10-22)13-3-11-23/h4-9,14H,2-3,12-13H2,1H3,(H,24,25,27). The number of anilines is 1. The molecule has 0 aliphatic heterocycles. The molecule has 2 aromatic carbocycles. The number of aromatic nitrogens is 1. The second-order valence-corrected chi connectivity index (χ2v) is 9.66. The lowest BCUT2D eigenvalue weighted by molar-refractivity contribution is 0.102. The molecule has 0 aliphatic carbocycles. The van der Waals surface area contributed by atoms with Crippen molar-refractivity contribution in [3.8, 4) is 12.1 Å². The van der Waals surface area contributed by atoms with Crippen molar-refractivity contribution in [1.29, 1.82) is 10.5 Å². The normalized spacial score (nSPS) is 11.2. The molecule has 10 heteroatoms. The third-order valence-corrected chi connectivity index (χ3v) is 7.31. The van der Waals surface area contributed by atoms with Gasteiger partial charge in [0.15, 0.2) is 5.13 Å². The zero-order chi connectivity index (χ0) is 22.4. The van der Waals surface area contributed by atoms with Gasteiger partial charge in [-0.3, -0.25) is 10.1 Å². The first kappa shape index (κ1) is 22.4. The Kier molecular flexibility index (Phi) is 6.98. The van der Waals surface area contributed by atoms with Gasteiger partial charge in [0.25, 0.3) is 5.91 Å². The van der Waals surface area contributed by atoms with E-state index in [9.17, 15) is 13.2 Å². The number of nitrogens with one attached hydrogen (secondary N) is 1. The predicted octanol–water partition coefficient (Wildman–Crippen LogP) is 3.68. The van der Waals surface area contributed by atoms with E-state index in [2.05, 4.69) is 10.3 Å². The number of rotatable bonds is 8. The summed E-state index contributed by atoms with van der Waals surface area (Å²) in [6, 6.07) is 15.2. The van der Waals surface area contributed by atoms with Gasteiger partial charge in [0.1, 0.15) is 0 Å². The fourth-order valence-electron chi connectivity index (χ4n) is 2.88. The molecule has 31 heavy (non-hydrogen) atoms. The SMILES string of the molecule is Cc1ccc2nc(NC(=O)c3ccc(S(=O)(=O)N(CCC#N)CCC#N)cc3)sc2c1. The minimum Gasteiger partial charge on any atom is -0.298 e. The van der Waals surface area contributed by atoms with Crippen molar-refractivity contribution in [2.24, 2.45) is 0 Å². The largest absolute Gasteiger partial charge is 0.298 e. The Bertz CT molecular complexity index is 1270. The van der Waals surface area contributed by atoms with Crippen LogP contribution >= 0.6 is 11.3 Å². The average Bonchev–Trinajstić information content (AvgIpc) is 3.15. The topological polar surface area (TPSA) is 127 Å². The summed E-state index contributed by atoms with van der Waals surface area (Å²) in [5, 5.41) is 20.7. The van der Waals surface area contributed by atoms with Crippen molar-refractivity contribution in [3.05, 3.63) is 53.6 Å². The third-order valence-electron chi connectivity index (χ3n) is 4.46. The molecule has 0 saturated carbocycles. The van der Waals surface area contributed by atoms with E-state index in [4.69, 9.17) is 10.5 Å². The second-order valence-electron chi connectivity index (χ2n) is 6.69. The Morgan fingerprint density at radius 2 is 1.74 bits per heavy atom. The molecule has 0 aliphatic rings. The lowest BCUT2D eigenvalue weighted by Crippen LogP contribution is -2.32. The monoisotopic (exact) mass is 453 g/mol. The van der Waals surface area contributed by atoms with Crippen molar-refractivity contribution < 1.29 is 13.2 Å². The van der Waals surface area contributed by atoms with Crippen molar-refractivity contribution in [1.82, 2.24) is 9.29 Å². The van der Waals surface area contributed by atoms with E-state index in [0.717, 1.165) is 20.1 Å². The summed E-state index contributed by atoms with van der Waals surface area (Å²) in [5.41, 5.74) is 2.18. The number of hydrogen-bond donors (Lipinski definition) is 1. The van der Waals surface area contributed by atoms with Crippen LogP contribution in [0, 0.1) is 29.6 Å². The van der Waals surface area contributed by atoms with Gasteiger partial charge in [-0.2, -0.15) is 14.8 Å². The molecule has 1 amide bonds. The maximum atomic E-state index is 12.8. The quantitative estimate of drug-likeness (QED) is 0.554. The predicted molar refractivity (Wildman–Crippen MR) is 118 cm³/mol. The van der Waals surface area contributed by atoms with Gasteiger partial charge in [-0.15, -0.1) is 0 Å². The summed E-state index contributed by atoms with van der Waals surface area (Å²) in [5.74, 6) is -0.398. The van der Waals surface area contributed by atoms with Crippen LogP contribution < -0.4 is 5.32 Å². The Labute approximate surface area is 184 Å². The molecule has 158 valence electrons. The number of aryl methyl sites for hydroxylation is 1. The molecule has 3 aromatic rings. The lowest BCUT2D eigenvalue weighted by Gasteiger charge is -2.20. The first-order valence-corrected chi connectivity index (χ1v) is 11.6. The summed E-state index contributed by atoms with van der Waals surface area (Å²) in [6.45, 7) is 1.98. The minimum atomic E-state index is -3.88. The molecule has 8 nitrogen and oxygen atoms in total. The highest BCUT2D eigenvalue weighted by molar-refractivity contribution is 7.89. The maximum absolute atomic E-state index is 12.8. The Morgan fingerprint density at radius 3 is 2.35 bits per heavy atom. The van der Waals surface area contributed by atoms with E-state index in [1.807, 2.05) is 37.3 Å². The van der Waals surface area contributed by atoms with Crippen LogP contribution in [0.1, 0.15) is 28.8 Å². The molecule has 0 fully saturated rings. The highest BCUT2D eigenvalue weighted by Crippen LogP contribution is 2.27. The average molecular weight is 454 g/mol. The molecule has 1 aromatic heterocycles. The van der Waals surface area contributed by atoms with Crippen LogP contribution in [0.25, 0.3) is 10.2 Å². The maximum Gasteiger partial charge on any atom is 0.257 e. The fraction of sp³-hybridized carbons (Fsp3) is 0.238. The molecule has 0 bridgehead atoms. The summed E-state index contributed by atoms with van der Waals surface area (Å²) in [6.07, 6.45) is 0.0413.